The first kappa shape index (κ1) is 57.0. The monoisotopic (exact) mass is 1090 g/mol. The summed E-state index contributed by atoms with van der Waals surface area (Å²) in [6.07, 6.45) is 1.35. The van der Waals surface area contributed by atoms with Crippen molar-refractivity contribution in [3.05, 3.63) is 124 Å². The Balaban J connectivity index is 0.925. The summed E-state index contributed by atoms with van der Waals surface area (Å²) in [7, 11) is 1.61. The lowest BCUT2D eigenvalue weighted by Crippen LogP contribution is -2.62. The van der Waals surface area contributed by atoms with Gasteiger partial charge in [0.2, 0.25) is 29.5 Å². The van der Waals surface area contributed by atoms with Crippen molar-refractivity contribution >= 4 is 52.5 Å². The molecule has 6 amide bonds. The minimum Gasteiger partial charge on any atom is -0.381 e. The molecule has 3 saturated heterocycles. The van der Waals surface area contributed by atoms with Gasteiger partial charge in [-0.3, -0.25) is 38.6 Å². The number of piperazine rings is 1. The molecular formula is C58H71F3N10O8. The summed E-state index contributed by atoms with van der Waals surface area (Å²) in [6.45, 7) is 12.0. The zero-order valence-electron chi connectivity index (χ0n) is 45.3. The van der Waals surface area contributed by atoms with Gasteiger partial charge in [0.15, 0.2) is 0 Å². The number of anilines is 3. The van der Waals surface area contributed by atoms with Crippen LogP contribution in [-0.2, 0) is 56.6 Å². The van der Waals surface area contributed by atoms with Crippen molar-refractivity contribution in [2.75, 3.05) is 94.8 Å². The number of fused-ring (bicyclic) bond motifs is 2. The second-order valence-corrected chi connectivity index (χ2v) is 21.8. The van der Waals surface area contributed by atoms with Crippen LogP contribution in [0.2, 0.25) is 0 Å². The van der Waals surface area contributed by atoms with Crippen LogP contribution >= 0.6 is 0 Å². The summed E-state index contributed by atoms with van der Waals surface area (Å²) in [5.41, 5.74) is 2.00. The third kappa shape index (κ3) is 12.8. The van der Waals surface area contributed by atoms with Crippen molar-refractivity contribution < 1.29 is 51.4 Å². The molecule has 0 aliphatic carbocycles. The number of benzene rings is 4. The Morgan fingerprint density at radius 2 is 1.59 bits per heavy atom. The summed E-state index contributed by atoms with van der Waals surface area (Å²) in [6, 6.07) is 17.0. The SMILES string of the molecule is CN[C@@H](C)C(=O)NC(C(=O)N1Cc2cc(NC(=O)CNC(=O)[C@]3(C)CN(C(=O)CN4CC(C)NC[C@@H]4CN4CCOCC4C)c4cc(Cc5ccc(F)cc5)ccc43)ccc2C1C(=O)Nc1c(F)cccc1F)C1CCOCC1. The predicted molar refractivity (Wildman–Crippen MR) is 290 cm³/mol. The fourth-order valence-corrected chi connectivity index (χ4v) is 11.5. The van der Waals surface area contributed by atoms with E-state index in [1.807, 2.05) is 18.2 Å². The average Bonchev–Trinajstić information content (AvgIpc) is 4.14. The Kier molecular flexibility index (Phi) is 17.8. The maximum Gasteiger partial charge on any atom is 0.252 e. The van der Waals surface area contributed by atoms with Gasteiger partial charge in [0, 0.05) is 82.0 Å². The number of halogens is 3. The Hall–Kier alpha value is -6.75. The van der Waals surface area contributed by atoms with Gasteiger partial charge in [0.1, 0.15) is 35.2 Å². The normalized spacial score (nSPS) is 23.3. The smallest absolute Gasteiger partial charge is 0.252 e. The van der Waals surface area contributed by atoms with Gasteiger partial charge in [0.25, 0.3) is 5.91 Å². The highest BCUT2D eigenvalue weighted by Gasteiger charge is 2.48. The van der Waals surface area contributed by atoms with Crippen LogP contribution in [0.5, 0.6) is 0 Å². The molecule has 0 aromatic heterocycles. The molecule has 0 radical (unpaired) electrons. The fraction of sp³-hybridized carbons (Fsp3) is 0.483. The quantitative estimate of drug-likeness (QED) is 0.0889. The molecule has 6 N–H and O–H groups in total. The molecule has 21 heteroatoms. The number of nitrogens with one attached hydrogen (secondary N) is 6. The molecule has 5 aliphatic heterocycles. The molecule has 4 aromatic carbocycles. The molecule has 4 aromatic rings. The Labute approximate surface area is 458 Å². The lowest BCUT2D eigenvalue weighted by molar-refractivity contribution is -0.144. The number of hydrogen-bond acceptors (Lipinski definition) is 12. The van der Waals surface area contributed by atoms with Crippen LogP contribution in [0.25, 0.3) is 0 Å². The molecule has 3 fully saturated rings. The lowest BCUT2D eigenvalue weighted by Gasteiger charge is -2.43. The molecule has 422 valence electrons. The van der Waals surface area contributed by atoms with Crippen molar-refractivity contribution in [1.82, 2.24) is 36.0 Å². The lowest BCUT2D eigenvalue weighted by atomic mass is 9.83. The largest absolute Gasteiger partial charge is 0.381 e. The van der Waals surface area contributed by atoms with E-state index < -0.39 is 76.9 Å². The number of rotatable bonds is 17. The van der Waals surface area contributed by atoms with Crippen molar-refractivity contribution in [2.45, 2.75) is 95.2 Å². The molecule has 5 aliphatic rings. The first-order chi connectivity index (χ1) is 37.9. The van der Waals surface area contributed by atoms with Crippen LogP contribution in [0, 0.1) is 23.4 Å². The highest BCUT2D eigenvalue weighted by molar-refractivity contribution is 6.05. The number of morpholine rings is 1. The van der Waals surface area contributed by atoms with E-state index in [9.17, 15) is 41.9 Å². The summed E-state index contributed by atoms with van der Waals surface area (Å²) < 4.78 is 55.0. The van der Waals surface area contributed by atoms with E-state index in [0.29, 0.717) is 81.2 Å². The van der Waals surface area contributed by atoms with Gasteiger partial charge >= 0.3 is 0 Å². The Morgan fingerprint density at radius 3 is 2.32 bits per heavy atom. The van der Waals surface area contributed by atoms with Crippen molar-refractivity contribution in [3.8, 4) is 0 Å². The minimum atomic E-state index is -1.40. The number of carbonyl (C=O) groups excluding carboxylic acids is 6. The second kappa shape index (κ2) is 24.7. The highest BCUT2D eigenvalue weighted by atomic mass is 19.1. The fourth-order valence-electron chi connectivity index (χ4n) is 11.5. The predicted octanol–water partition coefficient (Wildman–Crippen LogP) is 3.98. The number of nitrogens with zero attached hydrogens (tertiary/aromatic N) is 4. The van der Waals surface area contributed by atoms with Crippen molar-refractivity contribution in [1.29, 1.82) is 0 Å². The summed E-state index contributed by atoms with van der Waals surface area (Å²) in [5.74, 6) is -5.92. The van der Waals surface area contributed by atoms with Crippen molar-refractivity contribution in [3.63, 3.8) is 0 Å². The van der Waals surface area contributed by atoms with E-state index in [-0.39, 0.29) is 61.1 Å². The standard InChI is InChI=1S/C58H71F3N10O8/c1-34-28-69(43(26-63-34)30-68-19-22-79-32-35(68)2)31-50(73)71-33-58(4,45-16-11-38(24-48(45)71)23-37-9-12-41(59)13-10-37)57(77)64-27-49(72)65-42-14-15-44-40(25-42)29-70(53(44)55(75)67-52-46(60)7-6-8-47(52)61)56(76)51(39-17-20-78-21-18-39)66-54(74)36(3)62-5/h6-16,24-25,34-36,39,43,51,53,62-63H,17-23,26-33H2,1-5H3,(H,64,77)(H,65,72)(H,66,74)(H,67,75)/t34?,35?,36-,43+,51?,53?,58+/m0/s1. The first-order valence-corrected chi connectivity index (χ1v) is 27.2. The van der Waals surface area contributed by atoms with E-state index in [0.717, 1.165) is 42.4 Å². The van der Waals surface area contributed by atoms with Gasteiger partial charge in [-0.2, -0.15) is 0 Å². The zero-order valence-corrected chi connectivity index (χ0v) is 45.3. The van der Waals surface area contributed by atoms with Crippen LogP contribution in [0.3, 0.4) is 0 Å². The van der Waals surface area contributed by atoms with E-state index in [1.165, 1.54) is 23.1 Å². The molecule has 7 atom stereocenters. The van der Waals surface area contributed by atoms with Gasteiger partial charge < -0.3 is 51.2 Å². The van der Waals surface area contributed by atoms with Crippen LogP contribution in [0.4, 0.5) is 30.2 Å². The third-order valence-electron chi connectivity index (χ3n) is 16.2. The summed E-state index contributed by atoms with van der Waals surface area (Å²) >= 11 is 0. The number of amides is 6. The molecule has 18 nitrogen and oxygen atoms in total. The average molecular weight is 1090 g/mol. The molecule has 4 unspecified atom stereocenters. The maximum absolute atomic E-state index is 14.9. The van der Waals surface area contributed by atoms with Gasteiger partial charge in [-0.25, -0.2) is 13.2 Å². The third-order valence-corrected chi connectivity index (χ3v) is 16.2. The highest BCUT2D eigenvalue weighted by Crippen LogP contribution is 2.43. The number of likely N-dealkylation sites (N-methyl/N-ethyl adjacent to an activating group) is 1. The Bertz CT molecular complexity index is 2910. The molecule has 0 bridgehead atoms. The van der Waals surface area contributed by atoms with E-state index in [4.69, 9.17) is 9.47 Å². The Morgan fingerprint density at radius 1 is 0.861 bits per heavy atom. The number of ether oxygens (including phenoxy) is 2. The molecule has 79 heavy (non-hydrogen) atoms. The molecule has 0 spiro atoms. The van der Waals surface area contributed by atoms with E-state index in [1.54, 1.807) is 50.1 Å². The van der Waals surface area contributed by atoms with E-state index >= 15 is 0 Å². The zero-order chi connectivity index (χ0) is 56.1. The minimum absolute atomic E-state index is 0.00729. The van der Waals surface area contributed by atoms with Gasteiger partial charge in [-0.15, -0.1) is 0 Å². The van der Waals surface area contributed by atoms with Crippen LogP contribution in [0.15, 0.2) is 78.9 Å². The summed E-state index contributed by atoms with van der Waals surface area (Å²) in [5, 5.41) is 17.3. The van der Waals surface area contributed by atoms with Gasteiger partial charge in [0.05, 0.1) is 37.8 Å². The first-order valence-electron chi connectivity index (χ1n) is 27.2. The van der Waals surface area contributed by atoms with Crippen LogP contribution in [0.1, 0.15) is 74.4 Å². The molecule has 9 rings (SSSR count). The van der Waals surface area contributed by atoms with Crippen LogP contribution in [-0.4, -0.2) is 160 Å². The van der Waals surface area contributed by atoms with Crippen LogP contribution < -0.4 is 36.8 Å². The van der Waals surface area contributed by atoms with E-state index in [2.05, 4.69) is 55.5 Å². The topological polar surface area (TPSA) is 206 Å². The van der Waals surface area contributed by atoms with Gasteiger partial charge in [-0.1, -0.05) is 36.4 Å². The number of carbonyl (C=O) groups is 6. The van der Waals surface area contributed by atoms with Gasteiger partial charge in [-0.05, 0) is 130 Å². The molecular weight excluding hydrogens is 1020 g/mol. The number of para-hydroxylation sites is 1. The number of hydrogen-bond donors (Lipinski definition) is 6. The molecule has 5 heterocycles. The maximum atomic E-state index is 14.9. The van der Waals surface area contributed by atoms with Crippen molar-refractivity contribution in [2.24, 2.45) is 5.92 Å². The molecule has 0 saturated carbocycles. The second-order valence-electron chi connectivity index (χ2n) is 21.8. The summed E-state index contributed by atoms with van der Waals surface area (Å²) in [4.78, 5) is 93.0.